The summed E-state index contributed by atoms with van der Waals surface area (Å²) in [6, 6.07) is 19.9. The van der Waals surface area contributed by atoms with E-state index >= 15 is 0 Å². The Balaban J connectivity index is 0.000000330. The minimum Gasteiger partial charge on any atom is -0.423 e. The Morgan fingerprint density at radius 2 is 1.27 bits per heavy atom. The lowest BCUT2D eigenvalue weighted by Crippen LogP contribution is -2.31. The molecule has 0 saturated heterocycles. The molecule has 0 atom stereocenters. The molecule has 0 bridgehead atoms. The average molecular weight is 846 g/mol. The van der Waals surface area contributed by atoms with Crippen molar-refractivity contribution in [2.75, 3.05) is 105 Å². The van der Waals surface area contributed by atoms with E-state index in [2.05, 4.69) is 30.7 Å². The van der Waals surface area contributed by atoms with E-state index in [0.29, 0.717) is 120 Å². The molecule has 0 aliphatic carbocycles. The largest absolute Gasteiger partial charge is 0.573 e. The molecule has 16 nitrogen and oxygen atoms in total. The van der Waals surface area contributed by atoms with Crippen LogP contribution in [-0.4, -0.2) is 145 Å². The van der Waals surface area contributed by atoms with Gasteiger partial charge >= 0.3 is 13.5 Å². The van der Waals surface area contributed by atoms with Crippen molar-refractivity contribution in [1.82, 2.24) is 20.6 Å². The number of halogens is 3. The van der Waals surface area contributed by atoms with Gasteiger partial charge in [-0.05, 0) is 55.0 Å². The maximum atomic E-state index is 12.2. The quantitative estimate of drug-likeness (QED) is 0.0317. The Hall–Kier alpha value is -5.03. The minimum absolute atomic E-state index is 0.252. The molecule has 0 unspecified atom stereocenters. The summed E-state index contributed by atoms with van der Waals surface area (Å²) in [4.78, 5) is 31.1. The van der Waals surface area contributed by atoms with Gasteiger partial charge < -0.3 is 59.2 Å². The predicted molar refractivity (Wildman–Crippen MR) is 217 cm³/mol. The fraction of sp³-hybridized carbons (Fsp3) is 0.400. The summed E-state index contributed by atoms with van der Waals surface area (Å²) in [5.74, 6) is -0.106. The molecule has 0 aliphatic rings. The van der Waals surface area contributed by atoms with Gasteiger partial charge in [-0.1, -0.05) is 30.3 Å². The first-order valence-electron chi connectivity index (χ1n) is 18.9. The number of alkyl halides is 3. The maximum absolute atomic E-state index is 12.2. The second kappa shape index (κ2) is 29.2. The number of likely N-dealkylation sites (N-methyl/N-ethyl adjacent to an activating group) is 1. The van der Waals surface area contributed by atoms with E-state index in [1.54, 1.807) is 24.3 Å². The van der Waals surface area contributed by atoms with Crippen LogP contribution in [0.25, 0.3) is 11.3 Å². The van der Waals surface area contributed by atoms with Gasteiger partial charge in [-0.2, -0.15) is 0 Å². The normalized spacial score (nSPS) is 11.0. The van der Waals surface area contributed by atoms with Crippen LogP contribution in [-0.2, 0) is 28.4 Å². The second-order valence-electron chi connectivity index (χ2n) is 12.3. The molecule has 0 spiro atoms. The van der Waals surface area contributed by atoms with Crippen molar-refractivity contribution in [3.05, 3.63) is 96.3 Å². The number of nitrogens with zero attached hydrogens (tertiary/aromatic N) is 2. The van der Waals surface area contributed by atoms with E-state index in [-0.39, 0.29) is 11.7 Å². The number of aromatic nitrogens is 2. The summed E-state index contributed by atoms with van der Waals surface area (Å²) in [5, 5.41) is 26.8. The smallest absolute Gasteiger partial charge is 0.423 e. The highest BCUT2D eigenvalue weighted by atomic mass is 19.4. The zero-order valence-electron chi connectivity index (χ0n) is 33.2. The van der Waals surface area contributed by atoms with E-state index < -0.39 is 13.5 Å². The summed E-state index contributed by atoms with van der Waals surface area (Å²) in [7, 11) is 0.337. The number of aldehydes is 1. The van der Waals surface area contributed by atoms with E-state index in [1.807, 2.05) is 13.1 Å². The maximum Gasteiger partial charge on any atom is 0.573 e. The Morgan fingerprint density at radius 1 is 0.717 bits per heavy atom. The number of nitrogens with one attached hydrogen (secondary N) is 3. The SMILES string of the molecule is CNCCOCCOCCOCCOCCOCCOCCNC(=O)c1ccc(B(O)O)cc1.O=Cc1cccc(-c2cc(Nc3ccc(OC(F)(F)F)cc3)ncn2)c1. The third-order valence-corrected chi connectivity index (χ3v) is 7.71. The first-order chi connectivity index (χ1) is 29.1. The molecule has 0 radical (unpaired) electrons. The molecule has 0 saturated carbocycles. The molecule has 4 rings (SSSR count). The van der Waals surface area contributed by atoms with Gasteiger partial charge in [0, 0.05) is 41.5 Å². The first-order valence-corrected chi connectivity index (χ1v) is 18.9. The lowest BCUT2D eigenvalue weighted by Gasteiger charge is -2.10. The number of anilines is 2. The standard InChI is InChI=1S/C22H39BN2O9.C18H12F3N3O2/c1-24-6-8-29-10-12-31-14-16-33-18-19-34-17-15-32-13-11-30-9-7-25-22(26)20-2-4-21(5-3-20)23(27)28;19-18(20,21)26-15-6-4-14(5-7-15)24-17-9-16(22-11-23-17)13-3-1-2-12(8-13)10-25/h2-5,24,27-28H,6-19H2,1H3,(H,25,26);1-11H,(H,22,23,24). The lowest BCUT2D eigenvalue weighted by atomic mass is 9.80. The highest BCUT2D eigenvalue weighted by Crippen LogP contribution is 2.26. The first kappa shape index (κ1) is 49.3. The summed E-state index contributed by atoms with van der Waals surface area (Å²) >= 11 is 0. The van der Waals surface area contributed by atoms with Crippen LogP contribution in [0.3, 0.4) is 0 Å². The molecule has 5 N–H and O–H groups in total. The fourth-order valence-electron chi connectivity index (χ4n) is 4.76. The molecule has 0 aliphatic heterocycles. The second-order valence-corrected chi connectivity index (χ2v) is 12.3. The number of carbonyl (C=O) groups is 2. The summed E-state index contributed by atoms with van der Waals surface area (Å²) in [6.07, 6.45) is -2.63. The van der Waals surface area contributed by atoms with Gasteiger partial charge in [0.1, 0.15) is 24.2 Å². The zero-order valence-corrected chi connectivity index (χ0v) is 33.2. The number of benzene rings is 3. The van der Waals surface area contributed by atoms with Crippen molar-refractivity contribution >= 4 is 36.3 Å². The van der Waals surface area contributed by atoms with Crippen LogP contribution in [0.5, 0.6) is 5.75 Å². The number of amides is 1. The van der Waals surface area contributed by atoms with Crippen molar-refractivity contribution < 1.29 is 66.0 Å². The van der Waals surface area contributed by atoms with Crippen molar-refractivity contribution in [3.63, 3.8) is 0 Å². The van der Waals surface area contributed by atoms with Gasteiger partial charge in [0.05, 0.1) is 85.0 Å². The molecule has 60 heavy (non-hydrogen) atoms. The zero-order chi connectivity index (χ0) is 43.3. The third kappa shape index (κ3) is 21.8. The molecule has 1 amide bonds. The molecular formula is C40H51BF3N5O11. The summed E-state index contributed by atoms with van der Waals surface area (Å²) < 4.78 is 72.7. The van der Waals surface area contributed by atoms with Crippen LogP contribution >= 0.6 is 0 Å². The van der Waals surface area contributed by atoms with Gasteiger partial charge in [0.25, 0.3) is 5.91 Å². The molecule has 1 aromatic heterocycles. The number of hydrogen-bond acceptors (Lipinski definition) is 15. The minimum atomic E-state index is -4.73. The summed E-state index contributed by atoms with van der Waals surface area (Å²) in [6.45, 7) is 7.25. The van der Waals surface area contributed by atoms with Gasteiger partial charge in [0.2, 0.25) is 0 Å². The highest BCUT2D eigenvalue weighted by molar-refractivity contribution is 6.58. The summed E-state index contributed by atoms with van der Waals surface area (Å²) in [5.41, 5.74) is 3.17. The molecular weight excluding hydrogens is 794 g/mol. The van der Waals surface area contributed by atoms with Gasteiger partial charge in [-0.25, -0.2) is 9.97 Å². The molecule has 0 fully saturated rings. The Morgan fingerprint density at radius 3 is 1.78 bits per heavy atom. The highest BCUT2D eigenvalue weighted by Gasteiger charge is 2.31. The monoisotopic (exact) mass is 845 g/mol. The van der Waals surface area contributed by atoms with E-state index in [4.69, 9.17) is 38.5 Å². The third-order valence-electron chi connectivity index (χ3n) is 7.71. The average Bonchev–Trinajstić information content (AvgIpc) is 3.24. The lowest BCUT2D eigenvalue weighted by molar-refractivity contribution is -0.274. The topological polar surface area (TPSA) is 201 Å². The van der Waals surface area contributed by atoms with E-state index in [0.717, 1.165) is 18.4 Å². The van der Waals surface area contributed by atoms with E-state index in [1.165, 1.54) is 54.9 Å². The van der Waals surface area contributed by atoms with E-state index in [9.17, 15) is 22.8 Å². The van der Waals surface area contributed by atoms with Crippen molar-refractivity contribution in [1.29, 1.82) is 0 Å². The molecule has 3 aromatic carbocycles. The van der Waals surface area contributed by atoms with Crippen LogP contribution in [0, 0.1) is 0 Å². The van der Waals surface area contributed by atoms with Gasteiger partial charge in [0.15, 0.2) is 0 Å². The predicted octanol–water partition coefficient (Wildman–Crippen LogP) is 3.01. The molecule has 1 heterocycles. The Bertz CT molecular complexity index is 1780. The fourth-order valence-corrected chi connectivity index (χ4v) is 4.76. The van der Waals surface area contributed by atoms with Crippen LogP contribution in [0.4, 0.5) is 24.7 Å². The van der Waals surface area contributed by atoms with Crippen molar-refractivity contribution in [3.8, 4) is 17.0 Å². The van der Waals surface area contributed by atoms with Crippen LogP contribution in [0.15, 0.2) is 85.2 Å². The number of ether oxygens (including phenoxy) is 7. The van der Waals surface area contributed by atoms with Crippen molar-refractivity contribution in [2.45, 2.75) is 6.36 Å². The molecule has 4 aromatic rings. The number of hydrogen-bond donors (Lipinski definition) is 5. The van der Waals surface area contributed by atoms with Crippen LogP contribution in [0.1, 0.15) is 20.7 Å². The van der Waals surface area contributed by atoms with Crippen LogP contribution < -0.4 is 26.2 Å². The Labute approximate surface area is 346 Å². The Kier molecular flexibility index (Phi) is 24.0. The number of rotatable bonds is 28. The van der Waals surface area contributed by atoms with Gasteiger partial charge in [-0.15, -0.1) is 13.2 Å². The molecule has 326 valence electrons. The van der Waals surface area contributed by atoms with Gasteiger partial charge in [-0.3, -0.25) is 9.59 Å². The van der Waals surface area contributed by atoms with Crippen molar-refractivity contribution in [2.24, 2.45) is 0 Å². The molecule has 20 heteroatoms. The number of carbonyl (C=O) groups excluding carboxylic acids is 2. The van der Waals surface area contributed by atoms with Crippen LogP contribution in [0.2, 0.25) is 0 Å².